The molecule has 0 bridgehead atoms. The van der Waals surface area contributed by atoms with Crippen molar-refractivity contribution in [2.24, 2.45) is 0 Å². The Balaban J connectivity index is 1.82. The smallest absolute Gasteiger partial charge is 0.312 e. The van der Waals surface area contributed by atoms with Gasteiger partial charge in [-0.25, -0.2) is 8.42 Å². The molecule has 0 aliphatic heterocycles. The molecule has 2 aromatic heterocycles. The van der Waals surface area contributed by atoms with Crippen molar-refractivity contribution in [2.75, 3.05) is 13.1 Å². The molecule has 0 radical (unpaired) electrons. The molecule has 154 valence electrons. The van der Waals surface area contributed by atoms with Gasteiger partial charge in [0, 0.05) is 19.2 Å². The lowest BCUT2D eigenvalue weighted by molar-refractivity contribution is -0.386. The van der Waals surface area contributed by atoms with Crippen molar-refractivity contribution in [3.05, 3.63) is 51.7 Å². The van der Waals surface area contributed by atoms with E-state index in [0.717, 1.165) is 10.9 Å². The second kappa shape index (κ2) is 8.68. The summed E-state index contributed by atoms with van der Waals surface area (Å²) in [5.74, 6) is 0.451. The zero-order valence-corrected chi connectivity index (χ0v) is 17.3. The largest absolute Gasteiger partial charge is 0.478 e. The molecule has 2 heterocycles. The number of thiophene rings is 1. The molecule has 10 nitrogen and oxygen atoms in total. The summed E-state index contributed by atoms with van der Waals surface area (Å²) in [5.41, 5.74) is -0.458. The number of nitro groups is 1. The summed E-state index contributed by atoms with van der Waals surface area (Å²) in [6.45, 7) is 3.74. The van der Waals surface area contributed by atoms with Crippen LogP contribution in [0.3, 0.4) is 0 Å². The van der Waals surface area contributed by atoms with Crippen LogP contribution in [-0.2, 0) is 16.6 Å². The zero-order chi connectivity index (χ0) is 21.0. The van der Waals surface area contributed by atoms with Crippen molar-refractivity contribution < 1.29 is 22.6 Å². The van der Waals surface area contributed by atoms with Crippen LogP contribution in [0.5, 0.6) is 5.75 Å². The van der Waals surface area contributed by atoms with Crippen LogP contribution in [0.25, 0.3) is 10.8 Å². The Morgan fingerprint density at radius 2 is 2.03 bits per heavy atom. The molecule has 0 unspecified atom stereocenters. The fraction of sp³-hybridized carbons (Fsp3) is 0.294. The first-order chi connectivity index (χ1) is 13.9. The number of benzene rings is 1. The molecule has 0 aliphatic rings. The molecule has 12 heteroatoms. The molecule has 0 saturated heterocycles. The van der Waals surface area contributed by atoms with E-state index < -0.39 is 20.6 Å². The average Bonchev–Trinajstić information content (AvgIpc) is 3.38. The van der Waals surface area contributed by atoms with Crippen LogP contribution in [0.2, 0.25) is 0 Å². The highest BCUT2D eigenvalue weighted by molar-refractivity contribution is 7.89. The monoisotopic (exact) mass is 438 g/mol. The normalized spacial score (nSPS) is 11.7. The van der Waals surface area contributed by atoms with Gasteiger partial charge >= 0.3 is 5.69 Å². The summed E-state index contributed by atoms with van der Waals surface area (Å²) in [4.78, 5) is 15.6. The molecular formula is C17H18N4O6S2. The van der Waals surface area contributed by atoms with Crippen LogP contribution in [0, 0.1) is 10.1 Å². The van der Waals surface area contributed by atoms with Crippen LogP contribution in [0.15, 0.2) is 45.1 Å². The topological polar surface area (TPSA) is 129 Å². The Morgan fingerprint density at radius 3 is 2.66 bits per heavy atom. The zero-order valence-electron chi connectivity index (χ0n) is 15.6. The molecule has 1 aromatic carbocycles. The Kier molecular flexibility index (Phi) is 6.25. The number of hydrogen-bond donors (Lipinski definition) is 0. The van der Waals surface area contributed by atoms with Crippen molar-refractivity contribution in [3.8, 4) is 16.5 Å². The standard InChI is InChI=1S/C17H18N4O6S2/c1-3-20(4-2)29(24,25)12-7-8-14(13(10-12)21(22)23)26-11-16-18-17(27-19-16)15-6-5-9-28-15/h5-10H,3-4,11H2,1-2H3. The van der Waals surface area contributed by atoms with Gasteiger partial charge in [0.2, 0.25) is 15.8 Å². The minimum absolute atomic E-state index is 0.0871. The van der Waals surface area contributed by atoms with Crippen LogP contribution < -0.4 is 4.74 Å². The lowest BCUT2D eigenvalue weighted by Crippen LogP contribution is -2.30. The minimum Gasteiger partial charge on any atom is -0.478 e. The number of nitro benzene ring substituents is 1. The molecule has 0 amide bonds. The highest BCUT2D eigenvalue weighted by atomic mass is 32.2. The van der Waals surface area contributed by atoms with E-state index >= 15 is 0 Å². The third-order valence-corrected chi connectivity index (χ3v) is 6.93. The summed E-state index contributed by atoms with van der Waals surface area (Å²) in [7, 11) is -3.83. The first kappa shape index (κ1) is 20.9. The van der Waals surface area contributed by atoms with E-state index in [4.69, 9.17) is 9.26 Å². The van der Waals surface area contributed by atoms with Crippen molar-refractivity contribution >= 4 is 27.0 Å². The SMILES string of the molecule is CCN(CC)S(=O)(=O)c1ccc(OCc2noc(-c3cccs3)n2)c([N+](=O)[O-])c1. The van der Waals surface area contributed by atoms with Crippen LogP contribution in [0.4, 0.5) is 5.69 Å². The number of nitrogens with zero attached hydrogens (tertiary/aromatic N) is 4. The summed E-state index contributed by atoms with van der Waals surface area (Å²) in [6, 6.07) is 7.20. The van der Waals surface area contributed by atoms with Crippen molar-refractivity contribution in [1.29, 1.82) is 0 Å². The van der Waals surface area contributed by atoms with Gasteiger partial charge in [0.15, 0.2) is 12.4 Å². The van der Waals surface area contributed by atoms with Gasteiger partial charge in [0.05, 0.1) is 14.7 Å². The maximum Gasteiger partial charge on any atom is 0.312 e. The molecule has 3 rings (SSSR count). The van der Waals surface area contributed by atoms with E-state index in [1.165, 1.54) is 27.8 Å². The third-order valence-electron chi connectivity index (χ3n) is 4.03. The molecule has 3 aromatic rings. The molecule has 0 N–H and O–H groups in total. The number of hydrogen-bond acceptors (Lipinski definition) is 9. The lowest BCUT2D eigenvalue weighted by atomic mass is 10.3. The highest BCUT2D eigenvalue weighted by Gasteiger charge is 2.26. The second-order valence-electron chi connectivity index (χ2n) is 5.76. The summed E-state index contributed by atoms with van der Waals surface area (Å²) >= 11 is 1.43. The number of aromatic nitrogens is 2. The Labute approximate surface area is 170 Å². The van der Waals surface area contributed by atoms with Gasteiger partial charge in [-0.2, -0.15) is 9.29 Å². The molecular weight excluding hydrogens is 420 g/mol. The average molecular weight is 438 g/mol. The van der Waals surface area contributed by atoms with Crippen molar-refractivity contribution in [1.82, 2.24) is 14.4 Å². The maximum atomic E-state index is 12.6. The second-order valence-corrected chi connectivity index (χ2v) is 8.64. The molecule has 0 saturated carbocycles. The molecule has 29 heavy (non-hydrogen) atoms. The number of rotatable bonds is 9. The first-order valence-corrected chi connectivity index (χ1v) is 11.0. The highest BCUT2D eigenvalue weighted by Crippen LogP contribution is 2.31. The lowest BCUT2D eigenvalue weighted by Gasteiger charge is -2.18. The predicted octanol–water partition coefficient (Wildman–Crippen LogP) is 3.32. The van der Waals surface area contributed by atoms with Gasteiger partial charge in [-0.1, -0.05) is 25.1 Å². The minimum atomic E-state index is -3.83. The van der Waals surface area contributed by atoms with Gasteiger partial charge in [0.1, 0.15) is 0 Å². The van der Waals surface area contributed by atoms with E-state index in [2.05, 4.69) is 10.1 Å². The summed E-state index contributed by atoms with van der Waals surface area (Å²) in [6.07, 6.45) is 0. The van der Waals surface area contributed by atoms with Gasteiger partial charge in [-0.05, 0) is 23.6 Å². The van der Waals surface area contributed by atoms with Gasteiger partial charge in [-0.15, -0.1) is 11.3 Å². The fourth-order valence-corrected chi connectivity index (χ4v) is 4.71. The Bertz CT molecular complexity index is 1090. The Hall–Kier alpha value is -2.83. The molecule has 0 atom stereocenters. The number of sulfonamides is 1. The van der Waals surface area contributed by atoms with E-state index in [1.54, 1.807) is 13.8 Å². The fourth-order valence-electron chi connectivity index (χ4n) is 2.59. The molecule has 0 spiro atoms. The van der Waals surface area contributed by atoms with Gasteiger partial charge in [-0.3, -0.25) is 10.1 Å². The van der Waals surface area contributed by atoms with E-state index in [1.807, 2.05) is 17.5 Å². The molecule has 0 aliphatic carbocycles. The van der Waals surface area contributed by atoms with Gasteiger partial charge in [0.25, 0.3) is 5.89 Å². The van der Waals surface area contributed by atoms with Crippen LogP contribution in [-0.4, -0.2) is 40.9 Å². The Morgan fingerprint density at radius 1 is 1.28 bits per heavy atom. The maximum absolute atomic E-state index is 12.6. The van der Waals surface area contributed by atoms with Crippen molar-refractivity contribution in [2.45, 2.75) is 25.3 Å². The van der Waals surface area contributed by atoms with E-state index in [0.29, 0.717) is 5.89 Å². The van der Waals surface area contributed by atoms with E-state index in [9.17, 15) is 18.5 Å². The predicted molar refractivity (Wildman–Crippen MR) is 105 cm³/mol. The summed E-state index contributed by atoms with van der Waals surface area (Å²) < 4.78 is 37.0. The van der Waals surface area contributed by atoms with Crippen LogP contribution >= 0.6 is 11.3 Å². The van der Waals surface area contributed by atoms with Crippen molar-refractivity contribution in [3.63, 3.8) is 0 Å². The third kappa shape index (κ3) is 4.44. The number of ether oxygens (including phenoxy) is 1. The first-order valence-electron chi connectivity index (χ1n) is 8.64. The van der Waals surface area contributed by atoms with Crippen LogP contribution in [0.1, 0.15) is 19.7 Å². The van der Waals surface area contributed by atoms with Gasteiger partial charge < -0.3 is 9.26 Å². The summed E-state index contributed by atoms with van der Waals surface area (Å²) in [5, 5.41) is 17.1. The quantitative estimate of drug-likeness (QED) is 0.367. The van der Waals surface area contributed by atoms with E-state index in [-0.39, 0.29) is 36.2 Å². The molecule has 0 fully saturated rings.